The van der Waals surface area contributed by atoms with E-state index in [9.17, 15) is 4.79 Å². The number of aromatic nitrogens is 1. The van der Waals surface area contributed by atoms with Crippen LogP contribution >= 0.6 is 34.5 Å². The highest BCUT2D eigenvalue weighted by Crippen LogP contribution is 2.36. The molecule has 0 aliphatic rings. The molecule has 0 bridgehead atoms. The minimum Gasteiger partial charge on any atom is -0.494 e. The summed E-state index contributed by atoms with van der Waals surface area (Å²) in [6.45, 7) is 0. The number of fused-ring (bicyclic) bond motifs is 1. The normalized spacial score (nSPS) is 10.8. The second kappa shape index (κ2) is 7.80. The summed E-state index contributed by atoms with van der Waals surface area (Å²) in [7, 11) is 1.46. The van der Waals surface area contributed by atoms with Crippen molar-refractivity contribution in [1.29, 1.82) is 0 Å². The summed E-state index contributed by atoms with van der Waals surface area (Å²) in [5, 5.41) is 4.39. The van der Waals surface area contributed by atoms with E-state index < -0.39 is 0 Å². The van der Waals surface area contributed by atoms with Gasteiger partial charge in [0.05, 0.1) is 33.6 Å². The first-order valence-electron chi connectivity index (χ1n) is 8.36. The van der Waals surface area contributed by atoms with E-state index in [1.807, 2.05) is 48.5 Å². The Morgan fingerprint density at radius 2 is 1.82 bits per heavy atom. The van der Waals surface area contributed by atoms with Crippen molar-refractivity contribution in [3.63, 3.8) is 0 Å². The Kier molecular flexibility index (Phi) is 5.22. The smallest absolute Gasteiger partial charge is 0.259 e. The number of nitrogens with one attached hydrogen (secondary N) is 1. The zero-order valence-corrected chi connectivity index (χ0v) is 17.0. The lowest BCUT2D eigenvalue weighted by molar-refractivity contribution is 0.102. The molecule has 0 aliphatic heterocycles. The minimum absolute atomic E-state index is 0.263. The molecule has 0 spiro atoms. The lowest BCUT2D eigenvalue weighted by atomic mass is 10.1. The van der Waals surface area contributed by atoms with Crippen molar-refractivity contribution in [2.45, 2.75) is 0 Å². The maximum Gasteiger partial charge on any atom is 0.259 e. The molecule has 1 aromatic heterocycles. The Balaban J connectivity index is 1.73. The van der Waals surface area contributed by atoms with Crippen molar-refractivity contribution in [1.82, 2.24) is 4.98 Å². The van der Waals surface area contributed by atoms with E-state index in [4.69, 9.17) is 27.9 Å². The number of ether oxygens (including phenoxy) is 1. The number of rotatable bonds is 4. The average molecular weight is 429 g/mol. The first-order valence-corrected chi connectivity index (χ1v) is 9.93. The SMILES string of the molecule is COc1c(Cl)cc(Cl)cc1C(=O)Nc1ccccc1-c1nc2ccccc2s1. The summed E-state index contributed by atoms with van der Waals surface area (Å²) < 4.78 is 6.37. The predicted molar refractivity (Wildman–Crippen MR) is 116 cm³/mol. The lowest BCUT2D eigenvalue weighted by Crippen LogP contribution is -2.14. The fraction of sp³-hybridized carbons (Fsp3) is 0.0476. The summed E-state index contributed by atoms with van der Waals surface area (Å²) in [6.07, 6.45) is 0. The van der Waals surface area contributed by atoms with E-state index >= 15 is 0 Å². The molecular weight excluding hydrogens is 415 g/mol. The van der Waals surface area contributed by atoms with Gasteiger partial charge in [-0.1, -0.05) is 47.5 Å². The van der Waals surface area contributed by atoms with Crippen molar-refractivity contribution in [2.75, 3.05) is 12.4 Å². The highest BCUT2D eigenvalue weighted by atomic mass is 35.5. The third-order valence-electron chi connectivity index (χ3n) is 4.16. The number of amides is 1. The van der Waals surface area contributed by atoms with Crippen LogP contribution in [0.2, 0.25) is 10.0 Å². The highest BCUT2D eigenvalue weighted by Gasteiger charge is 2.19. The number of carbonyl (C=O) groups excluding carboxylic acids is 1. The van der Waals surface area contributed by atoms with Crippen molar-refractivity contribution in [3.05, 3.63) is 76.3 Å². The van der Waals surface area contributed by atoms with Crippen LogP contribution in [0.1, 0.15) is 10.4 Å². The topological polar surface area (TPSA) is 51.2 Å². The molecule has 4 rings (SSSR count). The van der Waals surface area contributed by atoms with Crippen LogP contribution in [-0.4, -0.2) is 18.0 Å². The molecule has 0 unspecified atom stereocenters. The molecule has 4 nitrogen and oxygen atoms in total. The van der Waals surface area contributed by atoms with Crippen LogP contribution in [0, 0.1) is 0 Å². The van der Waals surface area contributed by atoms with Crippen molar-refractivity contribution >= 4 is 56.3 Å². The van der Waals surface area contributed by atoms with E-state index in [0.717, 1.165) is 20.8 Å². The number of nitrogens with zero attached hydrogens (tertiary/aromatic N) is 1. The lowest BCUT2D eigenvalue weighted by Gasteiger charge is -2.13. The number of thiazole rings is 1. The molecule has 0 radical (unpaired) electrons. The number of halogens is 2. The fourth-order valence-corrected chi connectivity index (χ4v) is 4.47. The highest BCUT2D eigenvalue weighted by molar-refractivity contribution is 7.21. The Morgan fingerprint density at radius 3 is 2.61 bits per heavy atom. The van der Waals surface area contributed by atoms with Gasteiger partial charge in [-0.05, 0) is 36.4 Å². The standard InChI is InChI=1S/C21H14Cl2N2O2S/c1-27-19-14(10-12(22)11-15(19)23)20(26)24-16-7-3-2-6-13(16)21-25-17-8-4-5-9-18(17)28-21/h2-11H,1H3,(H,24,26). The maximum atomic E-state index is 12.9. The Bertz CT molecular complexity index is 1160. The Labute approximate surface area is 175 Å². The van der Waals surface area contributed by atoms with Gasteiger partial charge in [-0.15, -0.1) is 11.3 Å². The second-order valence-electron chi connectivity index (χ2n) is 5.95. The summed E-state index contributed by atoms with van der Waals surface area (Å²) in [6, 6.07) is 18.5. The van der Waals surface area contributed by atoms with Gasteiger partial charge in [0.25, 0.3) is 5.91 Å². The molecule has 0 fully saturated rings. The van der Waals surface area contributed by atoms with Crippen LogP contribution in [0.4, 0.5) is 5.69 Å². The molecule has 1 N–H and O–H groups in total. The van der Waals surface area contributed by atoms with E-state index in [1.54, 1.807) is 11.3 Å². The van der Waals surface area contributed by atoms with E-state index in [0.29, 0.717) is 10.7 Å². The van der Waals surface area contributed by atoms with Crippen LogP contribution < -0.4 is 10.1 Å². The van der Waals surface area contributed by atoms with Crippen LogP contribution in [0.25, 0.3) is 20.8 Å². The van der Waals surface area contributed by atoms with E-state index in [-0.39, 0.29) is 22.2 Å². The van der Waals surface area contributed by atoms with Gasteiger partial charge < -0.3 is 10.1 Å². The van der Waals surface area contributed by atoms with Crippen molar-refractivity contribution in [2.24, 2.45) is 0 Å². The molecule has 0 saturated carbocycles. The summed E-state index contributed by atoms with van der Waals surface area (Å²) in [5.74, 6) is -0.0872. The fourth-order valence-electron chi connectivity index (χ4n) is 2.89. The Hall–Kier alpha value is -2.60. The number of carbonyl (C=O) groups is 1. The van der Waals surface area contributed by atoms with E-state index in [1.165, 1.54) is 19.2 Å². The number of anilines is 1. The zero-order valence-electron chi connectivity index (χ0n) is 14.7. The number of para-hydroxylation sites is 2. The Morgan fingerprint density at radius 1 is 1.07 bits per heavy atom. The van der Waals surface area contributed by atoms with Crippen LogP contribution in [0.15, 0.2) is 60.7 Å². The third kappa shape index (κ3) is 3.56. The quantitative estimate of drug-likeness (QED) is 0.401. The van der Waals surface area contributed by atoms with Gasteiger partial charge in [-0.2, -0.15) is 0 Å². The van der Waals surface area contributed by atoms with Crippen molar-refractivity contribution in [3.8, 4) is 16.3 Å². The van der Waals surface area contributed by atoms with E-state index in [2.05, 4.69) is 10.3 Å². The number of benzene rings is 3. The molecule has 7 heteroatoms. The zero-order chi connectivity index (χ0) is 19.7. The molecule has 4 aromatic rings. The molecule has 28 heavy (non-hydrogen) atoms. The molecule has 0 aliphatic carbocycles. The predicted octanol–water partition coefficient (Wildman–Crippen LogP) is 6.53. The first kappa shape index (κ1) is 18.7. The van der Waals surface area contributed by atoms with Crippen LogP contribution in [0.5, 0.6) is 5.75 Å². The summed E-state index contributed by atoms with van der Waals surface area (Å²) in [5.41, 5.74) is 2.67. The molecule has 1 amide bonds. The molecular formula is C21H14Cl2N2O2S. The van der Waals surface area contributed by atoms with Crippen molar-refractivity contribution < 1.29 is 9.53 Å². The van der Waals surface area contributed by atoms with Gasteiger partial charge >= 0.3 is 0 Å². The van der Waals surface area contributed by atoms with Gasteiger partial charge in [0, 0.05) is 10.6 Å². The number of hydrogen-bond acceptors (Lipinski definition) is 4. The second-order valence-corrected chi connectivity index (χ2v) is 7.83. The van der Waals surface area contributed by atoms with Gasteiger partial charge in [-0.3, -0.25) is 4.79 Å². The van der Waals surface area contributed by atoms with Gasteiger partial charge in [0.2, 0.25) is 0 Å². The monoisotopic (exact) mass is 428 g/mol. The molecule has 3 aromatic carbocycles. The van der Waals surface area contributed by atoms with Gasteiger partial charge in [-0.25, -0.2) is 4.98 Å². The van der Waals surface area contributed by atoms with Gasteiger partial charge in [0.15, 0.2) is 0 Å². The number of hydrogen-bond donors (Lipinski definition) is 1. The molecule has 0 atom stereocenters. The summed E-state index contributed by atoms with van der Waals surface area (Å²) >= 11 is 13.8. The first-order chi connectivity index (χ1) is 13.6. The molecule has 140 valence electrons. The summed E-state index contributed by atoms with van der Waals surface area (Å²) in [4.78, 5) is 17.6. The minimum atomic E-state index is -0.366. The molecule has 0 saturated heterocycles. The van der Waals surface area contributed by atoms with Gasteiger partial charge in [0.1, 0.15) is 10.8 Å². The van der Waals surface area contributed by atoms with Crippen LogP contribution in [0.3, 0.4) is 0 Å². The van der Waals surface area contributed by atoms with Crippen LogP contribution in [-0.2, 0) is 0 Å². The maximum absolute atomic E-state index is 12.9. The largest absolute Gasteiger partial charge is 0.494 e. The average Bonchev–Trinajstić information content (AvgIpc) is 3.12. The number of methoxy groups -OCH3 is 1. The third-order valence-corrected chi connectivity index (χ3v) is 5.73. The molecule has 1 heterocycles.